The normalized spacial score (nSPS) is 11.1. The van der Waals surface area contributed by atoms with E-state index >= 15 is 0 Å². The molecule has 0 saturated heterocycles. The summed E-state index contributed by atoms with van der Waals surface area (Å²) >= 11 is 0. The first-order chi connectivity index (χ1) is 13.1. The monoisotopic (exact) mass is 403 g/mol. The lowest BCUT2D eigenvalue weighted by molar-refractivity contribution is -0.116. The summed E-state index contributed by atoms with van der Waals surface area (Å²) < 4.78 is 27.4. The molecule has 0 radical (unpaired) electrons. The van der Waals surface area contributed by atoms with Crippen molar-refractivity contribution in [2.24, 2.45) is 0 Å². The van der Waals surface area contributed by atoms with Crippen molar-refractivity contribution in [3.8, 4) is 0 Å². The third-order valence-electron chi connectivity index (χ3n) is 4.11. The third kappa shape index (κ3) is 5.90. The van der Waals surface area contributed by atoms with Crippen molar-refractivity contribution in [3.05, 3.63) is 53.1 Å². The largest absolute Gasteiger partial charge is 0.326 e. The van der Waals surface area contributed by atoms with Gasteiger partial charge in [-0.05, 0) is 55.7 Å². The lowest BCUT2D eigenvalue weighted by atomic mass is 10.1. The zero-order valence-electron chi connectivity index (χ0n) is 16.4. The van der Waals surface area contributed by atoms with Crippen molar-refractivity contribution in [1.29, 1.82) is 0 Å². The Morgan fingerprint density at radius 3 is 2.29 bits per heavy atom. The number of aryl methyl sites for hydroxylation is 3. The Kier molecular flexibility index (Phi) is 6.93. The van der Waals surface area contributed by atoms with Crippen molar-refractivity contribution in [2.75, 3.05) is 17.2 Å². The van der Waals surface area contributed by atoms with E-state index < -0.39 is 10.0 Å². The number of benzene rings is 2. The first-order valence-corrected chi connectivity index (χ1v) is 10.3. The van der Waals surface area contributed by atoms with Gasteiger partial charge in [0.05, 0.1) is 4.90 Å². The first kappa shape index (κ1) is 21.6. The van der Waals surface area contributed by atoms with E-state index in [1.54, 1.807) is 37.3 Å². The number of carbonyl (C=O) groups excluding carboxylic acids is 2. The zero-order valence-corrected chi connectivity index (χ0v) is 17.2. The fourth-order valence-corrected chi connectivity index (χ4v) is 3.98. The minimum Gasteiger partial charge on any atom is -0.326 e. The number of amides is 2. The van der Waals surface area contributed by atoms with E-state index in [-0.39, 0.29) is 29.7 Å². The van der Waals surface area contributed by atoms with Crippen molar-refractivity contribution in [1.82, 2.24) is 4.72 Å². The summed E-state index contributed by atoms with van der Waals surface area (Å²) in [5.74, 6) is -0.534. The molecular weight excluding hydrogens is 378 g/mol. The van der Waals surface area contributed by atoms with Crippen LogP contribution in [0.1, 0.15) is 30.0 Å². The van der Waals surface area contributed by atoms with Gasteiger partial charge in [0, 0.05) is 31.3 Å². The number of hydrogen-bond donors (Lipinski definition) is 3. The fraction of sp³-hybridized carbons (Fsp3) is 0.300. The lowest BCUT2D eigenvalue weighted by Gasteiger charge is -2.12. The molecule has 2 amide bonds. The number of rotatable bonds is 7. The van der Waals surface area contributed by atoms with Crippen LogP contribution in [0.5, 0.6) is 0 Å². The Hall–Kier alpha value is -2.71. The summed E-state index contributed by atoms with van der Waals surface area (Å²) in [5, 5.41) is 5.40. The van der Waals surface area contributed by atoms with E-state index in [2.05, 4.69) is 15.4 Å². The summed E-state index contributed by atoms with van der Waals surface area (Å²) in [4.78, 5) is 23.6. The summed E-state index contributed by atoms with van der Waals surface area (Å²) in [6.07, 6.45) is -0.0199. The average Bonchev–Trinajstić information content (AvgIpc) is 2.59. The van der Waals surface area contributed by atoms with Crippen LogP contribution < -0.4 is 15.4 Å². The molecule has 2 rings (SSSR count). The summed E-state index contributed by atoms with van der Waals surface area (Å²) in [6, 6.07) is 10.4. The van der Waals surface area contributed by atoms with Gasteiger partial charge >= 0.3 is 0 Å². The quantitative estimate of drug-likeness (QED) is 0.661. The molecule has 8 heteroatoms. The topological polar surface area (TPSA) is 104 Å². The van der Waals surface area contributed by atoms with Gasteiger partial charge in [0.2, 0.25) is 21.8 Å². The van der Waals surface area contributed by atoms with E-state index in [1.807, 2.05) is 19.9 Å². The zero-order chi connectivity index (χ0) is 20.9. The fourth-order valence-electron chi connectivity index (χ4n) is 2.62. The maximum absolute atomic E-state index is 12.5. The Bertz CT molecular complexity index is 1000. The van der Waals surface area contributed by atoms with Crippen LogP contribution >= 0.6 is 0 Å². The van der Waals surface area contributed by atoms with Crippen LogP contribution in [0.25, 0.3) is 0 Å². The molecule has 0 heterocycles. The van der Waals surface area contributed by atoms with Gasteiger partial charge in [0.1, 0.15) is 0 Å². The molecule has 150 valence electrons. The highest BCUT2D eigenvalue weighted by Crippen LogP contribution is 2.21. The average molecular weight is 404 g/mol. The third-order valence-corrected chi connectivity index (χ3v) is 5.71. The Labute approximate surface area is 165 Å². The highest BCUT2D eigenvalue weighted by atomic mass is 32.2. The maximum Gasteiger partial charge on any atom is 0.240 e. The van der Waals surface area contributed by atoms with Crippen LogP contribution in [-0.4, -0.2) is 26.8 Å². The minimum absolute atomic E-state index is 0.0199. The second kappa shape index (κ2) is 8.99. The molecular formula is C20H25N3O4S. The van der Waals surface area contributed by atoms with Gasteiger partial charge in [0.15, 0.2) is 0 Å². The van der Waals surface area contributed by atoms with E-state index in [4.69, 9.17) is 0 Å². The summed E-state index contributed by atoms with van der Waals surface area (Å²) in [7, 11) is -3.69. The number of hydrogen-bond acceptors (Lipinski definition) is 4. The van der Waals surface area contributed by atoms with Gasteiger partial charge in [-0.25, -0.2) is 13.1 Å². The van der Waals surface area contributed by atoms with Gasteiger partial charge in [0.25, 0.3) is 0 Å². The molecule has 0 atom stereocenters. The number of carbonyl (C=O) groups is 2. The minimum atomic E-state index is -3.69. The van der Waals surface area contributed by atoms with Crippen LogP contribution in [0.2, 0.25) is 0 Å². The molecule has 0 aliphatic heterocycles. The Balaban J connectivity index is 1.97. The molecule has 0 aliphatic rings. The molecule has 7 nitrogen and oxygen atoms in total. The van der Waals surface area contributed by atoms with Crippen molar-refractivity contribution in [2.45, 2.75) is 39.0 Å². The predicted molar refractivity (Wildman–Crippen MR) is 110 cm³/mol. The number of anilines is 2. The molecule has 2 aromatic rings. The van der Waals surface area contributed by atoms with E-state index in [0.717, 1.165) is 11.1 Å². The van der Waals surface area contributed by atoms with Crippen LogP contribution in [0.15, 0.2) is 41.3 Å². The van der Waals surface area contributed by atoms with Crippen LogP contribution in [-0.2, 0) is 19.6 Å². The maximum atomic E-state index is 12.5. The molecule has 0 unspecified atom stereocenters. The Morgan fingerprint density at radius 1 is 0.929 bits per heavy atom. The number of nitrogens with one attached hydrogen (secondary N) is 3. The van der Waals surface area contributed by atoms with Crippen LogP contribution in [0.3, 0.4) is 0 Å². The second-order valence-electron chi connectivity index (χ2n) is 6.68. The summed E-state index contributed by atoms with van der Waals surface area (Å²) in [6.45, 7) is 6.76. The number of sulfonamides is 1. The Morgan fingerprint density at radius 2 is 1.61 bits per heavy atom. The van der Waals surface area contributed by atoms with Gasteiger partial charge in [-0.2, -0.15) is 0 Å². The second-order valence-corrected chi connectivity index (χ2v) is 8.41. The predicted octanol–water partition coefficient (Wildman–Crippen LogP) is 2.88. The van der Waals surface area contributed by atoms with E-state index in [9.17, 15) is 18.0 Å². The molecule has 0 bridgehead atoms. The molecule has 0 aromatic heterocycles. The van der Waals surface area contributed by atoms with Crippen molar-refractivity contribution < 1.29 is 18.0 Å². The molecule has 2 aromatic carbocycles. The molecule has 0 spiro atoms. The molecule has 0 aliphatic carbocycles. The highest BCUT2D eigenvalue weighted by Gasteiger charge is 2.17. The molecule has 28 heavy (non-hydrogen) atoms. The molecule has 0 fully saturated rings. The van der Waals surface area contributed by atoms with Crippen LogP contribution in [0.4, 0.5) is 11.4 Å². The molecule has 3 N–H and O–H groups in total. The smallest absolute Gasteiger partial charge is 0.240 e. The van der Waals surface area contributed by atoms with Gasteiger partial charge in [-0.15, -0.1) is 0 Å². The molecule has 0 saturated carbocycles. The first-order valence-electron chi connectivity index (χ1n) is 8.83. The van der Waals surface area contributed by atoms with E-state index in [0.29, 0.717) is 16.9 Å². The van der Waals surface area contributed by atoms with Gasteiger partial charge < -0.3 is 10.6 Å². The van der Waals surface area contributed by atoms with Gasteiger partial charge in [-0.1, -0.05) is 18.2 Å². The summed E-state index contributed by atoms with van der Waals surface area (Å²) in [5.41, 5.74) is 3.46. The highest BCUT2D eigenvalue weighted by molar-refractivity contribution is 7.89. The van der Waals surface area contributed by atoms with Crippen molar-refractivity contribution >= 4 is 33.2 Å². The lowest BCUT2D eigenvalue weighted by Crippen LogP contribution is -2.28. The SMILES string of the molecule is CC(=O)Nc1ccc(C)c(NC(=O)CCNS(=O)(=O)c2cc(C)ccc2C)c1. The standard InChI is InChI=1S/C20H25N3O4S/c1-13-5-6-15(3)19(11-13)28(26,27)21-10-9-20(25)23-18-12-17(22-16(4)24)8-7-14(18)2/h5-8,11-12,21H,9-10H2,1-4H3,(H,22,24)(H,23,25). The van der Waals surface area contributed by atoms with Crippen molar-refractivity contribution in [3.63, 3.8) is 0 Å². The van der Waals surface area contributed by atoms with Gasteiger partial charge in [-0.3, -0.25) is 9.59 Å². The van der Waals surface area contributed by atoms with Crippen LogP contribution in [0, 0.1) is 20.8 Å². The van der Waals surface area contributed by atoms with E-state index in [1.165, 1.54) is 6.92 Å².